The maximum Gasteiger partial charge on any atom is 0.286 e. The molecule has 6 rings (SSSR count). The van der Waals surface area contributed by atoms with Gasteiger partial charge in [-0.2, -0.15) is 0 Å². The van der Waals surface area contributed by atoms with Gasteiger partial charge in [0.1, 0.15) is 29.7 Å². The fourth-order valence-corrected chi connectivity index (χ4v) is 5.39. The molecule has 194 valence electrons. The molecule has 1 saturated heterocycles. The Morgan fingerprint density at radius 1 is 0.846 bits per heavy atom. The van der Waals surface area contributed by atoms with Gasteiger partial charge in [0.15, 0.2) is 0 Å². The molecule has 2 amide bonds. The molecule has 1 atom stereocenters. The van der Waals surface area contributed by atoms with E-state index in [1.165, 1.54) is 0 Å². The highest BCUT2D eigenvalue weighted by atomic mass is 32.2. The molecule has 1 N–H and O–H groups in total. The highest BCUT2D eigenvalue weighted by Crippen LogP contribution is 2.30. The minimum absolute atomic E-state index is 0.235. The average Bonchev–Trinajstić information content (AvgIpc) is 3.45. The third kappa shape index (κ3) is 5.51. The topological polar surface area (TPSA) is 82.5 Å². The number of nitrogens with one attached hydrogen (secondary N) is 1. The summed E-state index contributed by atoms with van der Waals surface area (Å²) >= 11 is 1.03. The van der Waals surface area contributed by atoms with Gasteiger partial charge in [0.25, 0.3) is 5.24 Å². The number of carbonyl (C=O) groups excluding carboxylic acids is 2. The van der Waals surface area contributed by atoms with E-state index in [2.05, 4.69) is 23.5 Å². The summed E-state index contributed by atoms with van der Waals surface area (Å²) in [6, 6.07) is 31.7. The molecule has 4 aromatic carbocycles. The van der Waals surface area contributed by atoms with Crippen LogP contribution in [0.1, 0.15) is 11.4 Å². The molecule has 2 heterocycles. The molecule has 0 spiro atoms. The van der Waals surface area contributed by atoms with Gasteiger partial charge in [-0.05, 0) is 59.5 Å². The molecule has 1 aliphatic heterocycles. The lowest BCUT2D eigenvalue weighted by atomic mass is 10.1. The number of ether oxygens (including phenoxy) is 2. The molecule has 0 saturated carbocycles. The largest absolute Gasteiger partial charge is 0.486 e. The zero-order valence-electron chi connectivity index (χ0n) is 21.2. The summed E-state index contributed by atoms with van der Waals surface area (Å²) in [5, 5.41) is 1.65. The normalized spacial score (nSPS) is 14.9. The minimum atomic E-state index is -0.383. The summed E-state index contributed by atoms with van der Waals surface area (Å²) in [6.07, 6.45) is 0.494. The van der Waals surface area contributed by atoms with Crippen molar-refractivity contribution >= 4 is 33.9 Å². The van der Waals surface area contributed by atoms with Crippen molar-refractivity contribution in [3.63, 3.8) is 0 Å². The van der Waals surface area contributed by atoms with Crippen LogP contribution in [0.3, 0.4) is 0 Å². The summed E-state index contributed by atoms with van der Waals surface area (Å²) in [7, 11) is 1.96. The fourth-order valence-electron chi connectivity index (χ4n) is 4.53. The van der Waals surface area contributed by atoms with Crippen molar-refractivity contribution in [1.29, 1.82) is 0 Å². The first kappa shape index (κ1) is 24.8. The number of rotatable bonds is 8. The van der Waals surface area contributed by atoms with E-state index in [1.807, 2.05) is 90.5 Å². The molecule has 5 aromatic rings. The summed E-state index contributed by atoms with van der Waals surface area (Å²) in [5.74, 6) is 2.75. The maximum atomic E-state index is 11.8. The zero-order chi connectivity index (χ0) is 26.8. The van der Waals surface area contributed by atoms with Crippen LogP contribution >= 0.6 is 11.8 Å². The van der Waals surface area contributed by atoms with E-state index in [0.29, 0.717) is 18.8 Å². The van der Waals surface area contributed by atoms with Crippen molar-refractivity contribution < 1.29 is 19.1 Å². The molecule has 0 aliphatic carbocycles. The highest BCUT2D eigenvalue weighted by molar-refractivity contribution is 8.15. The van der Waals surface area contributed by atoms with Crippen LogP contribution in [0.15, 0.2) is 97.1 Å². The van der Waals surface area contributed by atoms with Crippen LogP contribution in [0.4, 0.5) is 4.79 Å². The molecule has 7 nitrogen and oxygen atoms in total. The van der Waals surface area contributed by atoms with Gasteiger partial charge in [-0.3, -0.25) is 14.9 Å². The maximum absolute atomic E-state index is 11.8. The Hall–Kier alpha value is -4.56. The molecule has 8 heteroatoms. The number of hydrogen-bond donors (Lipinski definition) is 1. The lowest BCUT2D eigenvalue weighted by Crippen LogP contribution is -2.25. The van der Waals surface area contributed by atoms with Crippen LogP contribution in [0.5, 0.6) is 17.2 Å². The van der Waals surface area contributed by atoms with Crippen LogP contribution in [-0.4, -0.2) is 25.9 Å². The molecular weight excluding hydrogens is 510 g/mol. The van der Waals surface area contributed by atoms with Crippen molar-refractivity contribution in [2.75, 3.05) is 0 Å². The van der Waals surface area contributed by atoms with Crippen LogP contribution < -0.4 is 14.8 Å². The quantitative estimate of drug-likeness (QED) is 0.244. The van der Waals surface area contributed by atoms with Crippen LogP contribution in [0.25, 0.3) is 22.2 Å². The number of imide groups is 1. The third-order valence-electron chi connectivity index (χ3n) is 6.60. The summed E-state index contributed by atoms with van der Waals surface area (Å²) in [5.41, 5.74) is 5.01. The van der Waals surface area contributed by atoms with Gasteiger partial charge in [0.2, 0.25) is 5.91 Å². The Morgan fingerprint density at radius 3 is 2.36 bits per heavy atom. The molecule has 1 aromatic heterocycles. The summed E-state index contributed by atoms with van der Waals surface area (Å²) < 4.78 is 14.2. The fraction of sp³-hybridized carbons (Fsp3) is 0.129. The summed E-state index contributed by atoms with van der Waals surface area (Å²) in [4.78, 5) is 27.9. The van der Waals surface area contributed by atoms with E-state index < -0.39 is 0 Å². The SMILES string of the molecule is Cn1c(COc2ccc(CC3SC(=O)NC3=O)cc2)nc2ccc(Oc3cccc(-c4ccccc4)c3)cc21. The predicted octanol–water partition coefficient (Wildman–Crippen LogP) is 6.51. The first-order valence-electron chi connectivity index (χ1n) is 12.5. The van der Waals surface area contributed by atoms with Crippen LogP contribution in [-0.2, 0) is 24.9 Å². The Bertz CT molecular complexity index is 1670. The number of fused-ring (bicyclic) bond motifs is 1. The van der Waals surface area contributed by atoms with Crippen molar-refractivity contribution in [1.82, 2.24) is 14.9 Å². The average molecular weight is 536 g/mol. The first-order chi connectivity index (χ1) is 19.0. The van der Waals surface area contributed by atoms with Crippen molar-refractivity contribution in [2.45, 2.75) is 18.3 Å². The van der Waals surface area contributed by atoms with Crippen LogP contribution in [0.2, 0.25) is 0 Å². The summed E-state index contributed by atoms with van der Waals surface area (Å²) in [6.45, 7) is 0.301. The van der Waals surface area contributed by atoms with E-state index in [9.17, 15) is 9.59 Å². The van der Waals surface area contributed by atoms with Gasteiger partial charge in [-0.15, -0.1) is 0 Å². The second-order valence-corrected chi connectivity index (χ2v) is 10.4. The number of aromatic nitrogens is 2. The molecule has 1 fully saturated rings. The van der Waals surface area contributed by atoms with Gasteiger partial charge in [0, 0.05) is 13.1 Å². The van der Waals surface area contributed by atoms with Crippen molar-refractivity contribution in [3.8, 4) is 28.4 Å². The monoisotopic (exact) mass is 535 g/mol. The van der Waals surface area contributed by atoms with E-state index >= 15 is 0 Å². The van der Waals surface area contributed by atoms with E-state index in [1.54, 1.807) is 0 Å². The second-order valence-electron chi connectivity index (χ2n) is 9.25. The van der Waals surface area contributed by atoms with Crippen LogP contribution in [0, 0.1) is 0 Å². The minimum Gasteiger partial charge on any atom is -0.486 e. The van der Waals surface area contributed by atoms with E-state index in [0.717, 1.165) is 56.8 Å². The smallest absolute Gasteiger partial charge is 0.286 e. The predicted molar refractivity (Wildman–Crippen MR) is 152 cm³/mol. The lowest BCUT2D eigenvalue weighted by molar-refractivity contribution is -0.118. The van der Waals surface area contributed by atoms with Gasteiger partial charge >= 0.3 is 0 Å². The zero-order valence-corrected chi connectivity index (χ0v) is 22.0. The number of amides is 2. The Kier molecular flexibility index (Phi) is 6.77. The number of carbonyl (C=O) groups is 2. The highest BCUT2D eigenvalue weighted by Gasteiger charge is 2.31. The second kappa shape index (κ2) is 10.7. The van der Waals surface area contributed by atoms with Gasteiger partial charge in [0.05, 0.1) is 16.3 Å². The molecule has 1 aliphatic rings. The molecule has 39 heavy (non-hydrogen) atoms. The number of hydrogen-bond acceptors (Lipinski definition) is 6. The molecule has 0 radical (unpaired) electrons. The van der Waals surface area contributed by atoms with E-state index in [4.69, 9.17) is 14.5 Å². The molecule has 0 bridgehead atoms. The Morgan fingerprint density at radius 2 is 1.59 bits per heavy atom. The number of thioether (sulfide) groups is 1. The van der Waals surface area contributed by atoms with Gasteiger partial charge in [-0.1, -0.05) is 66.4 Å². The Labute approximate surface area is 229 Å². The van der Waals surface area contributed by atoms with Gasteiger partial charge < -0.3 is 14.0 Å². The molecule has 1 unspecified atom stereocenters. The lowest BCUT2D eigenvalue weighted by Gasteiger charge is -2.09. The Balaban J connectivity index is 1.12. The first-order valence-corrected chi connectivity index (χ1v) is 13.4. The molecular formula is C31H25N3O4S. The standard InChI is InChI=1S/C31H25N3O4S/c1-34-27-18-25(38-24-9-5-8-22(17-24)21-6-3-2-4-7-21)14-15-26(27)32-29(34)19-37-23-12-10-20(11-13-23)16-28-30(35)33-31(36)39-28/h2-15,17-18,28H,16,19H2,1H3,(H,33,35,36). The van der Waals surface area contributed by atoms with Crippen molar-refractivity contribution in [2.24, 2.45) is 7.05 Å². The number of imidazole rings is 1. The van der Waals surface area contributed by atoms with Crippen molar-refractivity contribution in [3.05, 3.63) is 108 Å². The van der Waals surface area contributed by atoms with Gasteiger partial charge in [-0.25, -0.2) is 4.98 Å². The number of benzene rings is 4. The van der Waals surface area contributed by atoms with E-state index in [-0.39, 0.29) is 16.4 Å². The third-order valence-corrected chi connectivity index (χ3v) is 7.58. The number of nitrogens with zero attached hydrogens (tertiary/aromatic N) is 2. The number of aryl methyl sites for hydroxylation is 1.